The molecule has 0 heterocycles. The van der Waals surface area contributed by atoms with Crippen molar-refractivity contribution in [2.45, 2.75) is 51.7 Å². The van der Waals surface area contributed by atoms with Crippen LogP contribution in [0.25, 0.3) is 0 Å². The van der Waals surface area contributed by atoms with Crippen LogP contribution in [-0.2, 0) is 9.59 Å². The van der Waals surface area contributed by atoms with Crippen molar-refractivity contribution in [2.24, 2.45) is 5.41 Å². The van der Waals surface area contributed by atoms with E-state index in [1.165, 1.54) is 0 Å². The monoisotopic (exact) mass is 281 g/mol. The van der Waals surface area contributed by atoms with Gasteiger partial charge in [0.15, 0.2) is 0 Å². The van der Waals surface area contributed by atoms with Crippen LogP contribution in [0.1, 0.15) is 39.5 Å². The normalized spacial score (nSPS) is 16.3. The van der Waals surface area contributed by atoms with Crippen LogP contribution < -0.4 is 0 Å². The number of hydrogen-bond acceptors (Lipinski definition) is 2. The van der Waals surface area contributed by atoms with Crippen molar-refractivity contribution >= 4 is 11.9 Å². The molecule has 4 nitrogen and oxygen atoms in total. The number of carboxylic acids is 1. The zero-order chi connectivity index (χ0) is 14.8. The molecule has 1 saturated carbocycles. The Bertz CT molecular complexity index is 362. The lowest BCUT2D eigenvalue weighted by atomic mass is 9.85. The van der Waals surface area contributed by atoms with Gasteiger partial charge in [-0.2, -0.15) is 13.2 Å². The Labute approximate surface area is 109 Å². The van der Waals surface area contributed by atoms with Crippen LogP contribution in [0.4, 0.5) is 13.2 Å². The Morgan fingerprint density at radius 1 is 1.21 bits per heavy atom. The lowest BCUT2D eigenvalue weighted by Gasteiger charge is -2.28. The third-order valence-corrected chi connectivity index (χ3v) is 2.92. The standard InChI is InChI=1S/C12H18F3NO3/c1-11(2,6-10(18)19)5-9(17)16(8-3-4-8)7-12(13,14)15/h8H,3-7H2,1-2H3,(H,18,19). The van der Waals surface area contributed by atoms with Gasteiger partial charge in [0.25, 0.3) is 0 Å². The van der Waals surface area contributed by atoms with Crippen LogP contribution in [0, 0.1) is 5.41 Å². The molecule has 0 atom stereocenters. The van der Waals surface area contributed by atoms with Gasteiger partial charge in [-0.05, 0) is 18.3 Å². The fourth-order valence-electron chi connectivity index (χ4n) is 1.98. The number of hydrogen-bond donors (Lipinski definition) is 1. The third-order valence-electron chi connectivity index (χ3n) is 2.92. The first kappa shape index (κ1) is 15.8. The molecule has 1 aliphatic carbocycles. The van der Waals surface area contributed by atoms with E-state index in [-0.39, 0.29) is 18.9 Å². The first-order chi connectivity index (χ1) is 8.50. The fraction of sp³-hybridized carbons (Fsp3) is 0.833. The van der Waals surface area contributed by atoms with E-state index in [1.807, 2.05) is 0 Å². The molecule has 7 heteroatoms. The molecule has 0 radical (unpaired) electrons. The van der Waals surface area contributed by atoms with Crippen LogP contribution in [-0.4, -0.2) is 40.6 Å². The molecule has 0 aromatic carbocycles. The highest BCUT2D eigenvalue weighted by atomic mass is 19.4. The van der Waals surface area contributed by atoms with Gasteiger partial charge in [-0.25, -0.2) is 0 Å². The highest BCUT2D eigenvalue weighted by molar-refractivity contribution is 5.78. The molecule has 1 rings (SSSR count). The predicted molar refractivity (Wildman–Crippen MR) is 61.4 cm³/mol. The molecule has 0 unspecified atom stereocenters. The van der Waals surface area contributed by atoms with Crippen molar-refractivity contribution in [3.8, 4) is 0 Å². The molecule has 0 saturated heterocycles. The van der Waals surface area contributed by atoms with Crippen molar-refractivity contribution in [1.29, 1.82) is 0 Å². The van der Waals surface area contributed by atoms with Crippen molar-refractivity contribution in [3.63, 3.8) is 0 Å². The maximum absolute atomic E-state index is 12.4. The summed E-state index contributed by atoms with van der Waals surface area (Å²) in [5.41, 5.74) is -0.846. The minimum absolute atomic E-state index is 0.189. The van der Waals surface area contributed by atoms with Crippen molar-refractivity contribution in [2.75, 3.05) is 6.54 Å². The summed E-state index contributed by atoms with van der Waals surface area (Å²) >= 11 is 0. The van der Waals surface area contributed by atoms with E-state index < -0.39 is 30.0 Å². The Hall–Kier alpha value is -1.27. The van der Waals surface area contributed by atoms with Crippen molar-refractivity contribution in [1.82, 2.24) is 4.90 Å². The lowest BCUT2D eigenvalue weighted by Crippen LogP contribution is -2.42. The minimum atomic E-state index is -4.42. The molecule has 110 valence electrons. The molecule has 1 amide bonds. The highest BCUT2D eigenvalue weighted by Crippen LogP contribution is 2.33. The number of alkyl halides is 3. The van der Waals surface area contributed by atoms with E-state index in [4.69, 9.17) is 5.11 Å². The maximum atomic E-state index is 12.4. The molecule has 0 aromatic rings. The number of halogens is 3. The van der Waals surface area contributed by atoms with Gasteiger partial charge in [0, 0.05) is 12.5 Å². The summed E-state index contributed by atoms with van der Waals surface area (Å²) in [5.74, 6) is -1.68. The molecule has 1 aliphatic rings. The summed E-state index contributed by atoms with van der Waals surface area (Å²) in [6.45, 7) is 1.88. The van der Waals surface area contributed by atoms with Crippen molar-refractivity contribution < 1.29 is 27.9 Å². The predicted octanol–water partition coefficient (Wildman–Crippen LogP) is 2.43. The average Bonchev–Trinajstić information content (AvgIpc) is 2.91. The average molecular weight is 281 g/mol. The van der Waals surface area contributed by atoms with Crippen LogP contribution in [0.3, 0.4) is 0 Å². The number of carbonyl (C=O) groups is 2. The summed E-state index contributed by atoms with van der Waals surface area (Å²) in [7, 11) is 0. The zero-order valence-corrected chi connectivity index (χ0v) is 11.0. The van der Waals surface area contributed by atoms with Crippen LogP contribution in [0.5, 0.6) is 0 Å². The van der Waals surface area contributed by atoms with Crippen LogP contribution in [0.15, 0.2) is 0 Å². The molecule has 0 aromatic heterocycles. The van der Waals surface area contributed by atoms with Gasteiger partial charge in [-0.1, -0.05) is 13.8 Å². The fourth-order valence-corrected chi connectivity index (χ4v) is 1.98. The van der Waals surface area contributed by atoms with E-state index in [9.17, 15) is 22.8 Å². The molecule has 0 bridgehead atoms. The Morgan fingerprint density at radius 2 is 1.74 bits per heavy atom. The van der Waals surface area contributed by atoms with Crippen molar-refractivity contribution in [3.05, 3.63) is 0 Å². The first-order valence-electron chi connectivity index (χ1n) is 6.08. The minimum Gasteiger partial charge on any atom is -0.481 e. The number of carboxylic acid groups (broad SMARTS) is 1. The highest BCUT2D eigenvalue weighted by Gasteiger charge is 2.41. The van der Waals surface area contributed by atoms with E-state index in [0.29, 0.717) is 12.8 Å². The molecule has 19 heavy (non-hydrogen) atoms. The Kier molecular flexibility index (Phi) is 4.47. The Morgan fingerprint density at radius 3 is 2.11 bits per heavy atom. The summed E-state index contributed by atoms with van der Waals surface area (Å²) in [6.07, 6.45) is -3.69. The lowest BCUT2D eigenvalue weighted by molar-refractivity contribution is -0.164. The smallest absolute Gasteiger partial charge is 0.406 e. The molecule has 1 fully saturated rings. The summed E-state index contributed by atoms with van der Waals surface area (Å²) < 4.78 is 37.2. The first-order valence-corrected chi connectivity index (χ1v) is 6.08. The molecule has 1 N–H and O–H groups in total. The summed E-state index contributed by atoms with van der Waals surface area (Å²) in [4.78, 5) is 23.4. The quantitative estimate of drug-likeness (QED) is 0.813. The topological polar surface area (TPSA) is 57.6 Å². The van der Waals surface area contributed by atoms with E-state index in [1.54, 1.807) is 13.8 Å². The van der Waals surface area contributed by atoms with Gasteiger partial charge in [0.05, 0.1) is 6.42 Å². The van der Waals surface area contributed by atoms with Crippen LogP contribution >= 0.6 is 0 Å². The number of amides is 1. The zero-order valence-electron chi connectivity index (χ0n) is 11.0. The Balaban J connectivity index is 2.65. The van der Waals surface area contributed by atoms with Gasteiger partial charge in [-0.15, -0.1) is 0 Å². The molecule has 0 spiro atoms. The van der Waals surface area contributed by atoms with Gasteiger partial charge >= 0.3 is 12.1 Å². The molecular weight excluding hydrogens is 263 g/mol. The second kappa shape index (κ2) is 5.38. The summed E-state index contributed by atoms with van der Waals surface area (Å²) in [5, 5.41) is 8.70. The second-order valence-electron chi connectivity index (χ2n) is 5.78. The van der Waals surface area contributed by atoms with Crippen LogP contribution in [0.2, 0.25) is 0 Å². The number of rotatable bonds is 6. The van der Waals surface area contributed by atoms with E-state index >= 15 is 0 Å². The number of aliphatic carboxylic acids is 1. The third kappa shape index (κ3) is 5.94. The van der Waals surface area contributed by atoms with E-state index in [0.717, 1.165) is 4.90 Å². The van der Waals surface area contributed by atoms with E-state index in [2.05, 4.69) is 0 Å². The van der Waals surface area contributed by atoms with Gasteiger partial charge in [0.2, 0.25) is 5.91 Å². The molecular formula is C12H18F3NO3. The number of nitrogens with zero attached hydrogens (tertiary/aromatic N) is 1. The van der Waals surface area contributed by atoms with Gasteiger partial charge in [-0.3, -0.25) is 9.59 Å². The summed E-state index contributed by atoms with van der Waals surface area (Å²) in [6, 6.07) is -0.338. The SMILES string of the molecule is CC(C)(CC(=O)O)CC(=O)N(CC(F)(F)F)C1CC1. The maximum Gasteiger partial charge on any atom is 0.406 e. The number of carbonyl (C=O) groups excluding carboxylic acids is 1. The van der Waals surface area contributed by atoms with Gasteiger partial charge < -0.3 is 10.0 Å². The molecule has 0 aliphatic heterocycles. The van der Waals surface area contributed by atoms with Gasteiger partial charge in [0.1, 0.15) is 6.54 Å². The largest absolute Gasteiger partial charge is 0.481 e. The second-order valence-corrected chi connectivity index (χ2v) is 5.78.